The molecule has 106 valence electrons. The highest BCUT2D eigenvalue weighted by molar-refractivity contribution is 7.15. The highest BCUT2D eigenvalue weighted by Crippen LogP contribution is 2.29. The minimum absolute atomic E-state index is 0.601. The molecule has 4 nitrogen and oxygen atoms in total. The van der Waals surface area contributed by atoms with Crippen LogP contribution in [-0.4, -0.2) is 15.0 Å². The summed E-state index contributed by atoms with van der Waals surface area (Å²) in [5.41, 5.74) is 2.92. The monoisotopic (exact) mass is 296 g/mol. The number of hydrogen-bond donors (Lipinski definition) is 1. The van der Waals surface area contributed by atoms with Gasteiger partial charge in [-0.15, -0.1) is 11.3 Å². The van der Waals surface area contributed by atoms with Gasteiger partial charge in [0.15, 0.2) is 0 Å². The van der Waals surface area contributed by atoms with Crippen molar-refractivity contribution in [2.45, 2.75) is 20.3 Å². The Balaban J connectivity index is 1.91. The number of para-hydroxylation sites is 1. The number of benzene rings is 1. The molecule has 0 saturated heterocycles. The fourth-order valence-electron chi connectivity index (χ4n) is 2.04. The number of nitrogens with zero attached hydrogens (tertiary/aromatic N) is 3. The Morgan fingerprint density at radius 1 is 1.10 bits per heavy atom. The Morgan fingerprint density at radius 2 is 1.90 bits per heavy atom. The van der Waals surface area contributed by atoms with E-state index in [2.05, 4.69) is 27.2 Å². The maximum absolute atomic E-state index is 4.59. The molecule has 1 N–H and O–H groups in total. The third kappa shape index (κ3) is 3.08. The predicted octanol–water partition coefficient (Wildman–Crippen LogP) is 4.21. The standard InChI is InChI=1S/C16H16N4S/c1-3-14-18-11(2)15(21-14)13-9-10-17-16(20-13)19-12-7-5-4-6-8-12/h4-10H,3H2,1-2H3,(H,17,19,20). The third-order valence-electron chi connectivity index (χ3n) is 3.06. The van der Waals surface area contributed by atoms with Crippen molar-refractivity contribution in [2.75, 3.05) is 5.32 Å². The van der Waals surface area contributed by atoms with Gasteiger partial charge in [-0.05, 0) is 31.5 Å². The Hall–Kier alpha value is -2.27. The first-order valence-corrected chi connectivity index (χ1v) is 7.69. The van der Waals surface area contributed by atoms with E-state index in [1.165, 1.54) is 0 Å². The van der Waals surface area contributed by atoms with Crippen LogP contribution in [0.25, 0.3) is 10.6 Å². The van der Waals surface area contributed by atoms with Gasteiger partial charge in [-0.3, -0.25) is 0 Å². The minimum atomic E-state index is 0.601. The van der Waals surface area contributed by atoms with E-state index in [1.807, 2.05) is 43.3 Å². The average molecular weight is 296 g/mol. The maximum Gasteiger partial charge on any atom is 0.227 e. The Morgan fingerprint density at radius 3 is 2.62 bits per heavy atom. The van der Waals surface area contributed by atoms with Gasteiger partial charge >= 0.3 is 0 Å². The van der Waals surface area contributed by atoms with E-state index >= 15 is 0 Å². The first kappa shape index (κ1) is 13.7. The summed E-state index contributed by atoms with van der Waals surface area (Å²) in [4.78, 5) is 14.5. The number of aromatic nitrogens is 3. The molecule has 0 radical (unpaired) electrons. The smallest absolute Gasteiger partial charge is 0.227 e. The Kier molecular flexibility index (Phi) is 3.92. The summed E-state index contributed by atoms with van der Waals surface area (Å²) in [5.74, 6) is 0.601. The van der Waals surface area contributed by atoms with Gasteiger partial charge in [0, 0.05) is 11.9 Å². The molecule has 21 heavy (non-hydrogen) atoms. The molecule has 0 bridgehead atoms. The molecule has 0 aliphatic carbocycles. The Labute approximate surface area is 127 Å². The molecule has 3 rings (SSSR count). The van der Waals surface area contributed by atoms with Crippen LogP contribution in [0.3, 0.4) is 0 Å². The van der Waals surface area contributed by atoms with Gasteiger partial charge in [-0.2, -0.15) is 0 Å². The summed E-state index contributed by atoms with van der Waals surface area (Å²) < 4.78 is 0. The molecule has 0 amide bonds. The molecular formula is C16H16N4S. The van der Waals surface area contributed by atoms with Crippen molar-refractivity contribution in [2.24, 2.45) is 0 Å². The average Bonchev–Trinajstić information content (AvgIpc) is 2.90. The van der Waals surface area contributed by atoms with Crippen molar-refractivity contribution in [1.82, 2.24) is 15.0 Å². The van der Waals surface area contributed by atoms with Crippen molar-refractivity contribution in [3.05, 3.63) is 53.3 Å². The zero-order valence-electron chi connectivity index (χ0n) is 12.0. The molecule has 0 fully saturated rings. The summed E-state index contributed by atoms with van der Waals surface area (Å²) >= 11 is 1.70. The highest BCUT2D eigenvalue weighted by Gasteiger charge is 2.11. The molecular weight excluding hydrogens is 280 g/mol. The van der Waals surface area contributed by atoms with Crippen molar-refractivity contribution < 1.29 is 0 Å². The SMILES string of the molecule is CCc1nc(C)c(-c2ccnc(Nc3ccccc3)n2)s1. The zero-order chi connectivity index (χ0) is 14.7. The molecule has 2 aromatic heterocycles. The molecule has 2 heterocycles. The Bertz CT molecular complexity index is 737. The van der Waals surface area contributed by atoms with E-state index < -0.39 is 0 Å². The highest BCUT2D eigenvalue weighted by atomic mass is 32.1. The van der Waals surface area contributed by atoms with Crippen molar-refractivity contribution >= 4 is 23.0 Å². The molecule has 1 aromatic carbocycles. The summed E-state index contributed by atoms with van der Waals surface area (Å²) in [6, 6.07) is 11.8. The van der Waals surface area contributed by atoms with Gasteiger partial charge in [-0.1, -0.05) is 25.1 Å². The van der Waals surface area contributed by atoms with Gasteiger partial charge in [0.25, 0.3) is 0 Å². The van der Waals surface area contributed by atoms with Gasteiger partial charge < -0.3 is 5.32 Å². The number of rotatable bonds is 4. The van der Waals surface area contributed by atoms with Crippen molar-refractivity contribution in [3.63, 3.8) is 0 Å². The lowest BCUT2D eigenvalue weighted by Gasteiger charge is -2.05. The maximum atomic E-state index is 4.59. The molecule has 0 saturated carbocycles. The van der Waals surface area contributed by atoms with Gasteiger partial charge in [-0.25, -0.2) is 15.0 Å². The molecule has 0 unspecified atom stereocenters. The van der Waals surface area contributed by atoms with Crippen LogP contribution in [0.1, 0.15) is 17.6 Å². The number of thiazole rings is 1. The van der Waals surface area contributed by atoms with E-state index in [9.17, 15) is 0 Å². The number of nitrogens with one attached hydrogen (secondary N) is 1. The number of aryl methyl sites for hydroxylation is 2. The summed E-state index contributed by atoms with van der Waals surface area (Å²) in [5, 5.41) is 4.35. The second kappa shape index (κ2) is 6.01. The summed E-state index contributed by atoms with van der Waals surface area (Å²) in [7, 11) is 0. The predicted molar refractivity (Wildman–Crippen MR) is 87.0 cm³/mol. The topological polar surface area (TPSA) is 50.7 Å². The van der Waals surface area contributed by atoms with Crippen LogP contribution in [0, 0.1) is 6.92 Å². The summed E-state index contributed by atoms with van der Waals surface area (Å²) in [6.07, 6.45) is 2.73. The van der Waals surface area contributed by atoms with Crippen LogP contribution in [0.4, 0.5) is 11.6 Å². The summed E-state index contributed by atoms with van der Waals surface area (Å²) in [6.45, 7) is 4.14. The fourth-order valence-corrected chi connectivity index (χ4v) is 3.01. The van der Waals surface area contributed by atoms with Gasteiger partial charge in [0.05, 0.1) is 21.3 Å². The molecule has 3 aromatic rings. The fraction of sp³-hybridized carbons (Fsp3) is 0.188. The zero-order valence-corrected chi connectivity index (χ0v) is 12.8. The van der Waals surface area contributed by atoms with Crippen LogP contribution in [0.2, 0.25) is 0 Å². The van der Waals surface area contributed by atoms with Crippen molar-refractivity contribution in [3.8, 4) is 10.6 Å². The van der Waals surface area contributed by atoms with Crippen LogP contribution < -0.4 is 5.32 Å². The van der Waals surface area contributed by atoms with E-state index in [4.69, 9.17) is 0 Å². The van der Waals surface area contributed by atoms with E-state index in [1.54, 1.807) is 17.5 Å². The first-order valence-electron chi connectivity index (χ1n) is 6.88. The first-order chi connectivity index (χ1) is 10.3. The largest absolute Gasteiger partial charge is 0.324 e. The quantitative estimate of drug-likeness (QED) is 0.783. The van der Waals surface area contributed by atoms with Crippen LogP contribution in [0.5, 0.6) is 0 Å². The third-order valence-corrected chi connectivity index (χ3v) is 4.39. The van der Waals surface area contributed by atoms with Crippen LogP contribution in [0.15, 0.2) is 42.6 Å². The molecule has 0 aliphatic heterocycles. The lowest BCUT2D eigenvalue weighted by atomic mass is 10.3. The molecule has 0 spiro atoms. The molecule has 5 heteroatoms. The van der Waals surface area contributed by atoms with Crippen LogP contribution >= 0.6 is 11.3 Å². The lowest BCUT2D eigenvalue weighted by Crippen LogP contribution is -1.97. The minimum Gasteiger partial charge on any atom is -0.324 e. The van der Waals surface area contributed by atoms with E-state index in [0.29, 0.717) is 5.95 Å². The number of anilines is 2. The molecule has 0 aliphatic rings. The van der Waals surface area contributed by atoms with E-state index in [0.717, 1.165) is 33.4 Å². The molecule has 0 atom stereocenters. The normalized spacial score (nSPS) is 10.6. The second-order valence-corrected chi connectivity index (χ2v) is 5.72. The number of hydrogen-bond acceptors (Lipinski definition) is 5. The van der Waals surface area contributed by atoms with Crippen molar-refractivity contribution in [1.29, 1.82) is 0 Å². The van der Waals surface area contributed by atoms with Gasteiger partial charge in [0.2, 0.25) is 5.95 Å². The lowest BCUT2D eigenvalue weighted by molar-refractivity contribution is 1.07. The van der Waals surface area contributed by atoms with Gasteiger partial charge in [0.1, 0.15) is 0 Å². The van der Waals surface area contributed by atoms with E-state index in [-0.39, 0.29) is 0 Å². The second-order valence-electron chi connectivity index (χ2n) is 4.63. The van der Waals surface area contributed by atoms with Crippen LogP contribution in [-0.2, 0) is 6.42 Å².